The van der Waals surface area contributed by atoms with Gasteiger partial charge in [-0.05, 0) is 43.2 Å². The van der Waals surface area contributed by atoms with Crippen LogP contribution >= 0.6 is 15.9 Å². The molecule has 0 saturated carbocycles. The monoisotopic (exact) mass is 287 g/mol. The summed E-state index contributed by atoms with van der Waals surface area (Å²) in [7, 11) is 2.02. The van der Waals surface area contributed by atoms with E-state index >= 15 is 0 Å². The van der Waals surface area contributed by atoms with Crippen molar-refractivity contribution in [3.8, 4) is 0 Å². The second kappa shape index (κ2) is 6.40. The fourth-order valence-corrected chi connectivity index (χ4v) is 2.46. The zero-order chi connectivity index (χ0) is 12.1. The van der Waals surface area contributed by atoms with E-state index in [4.69, 9.17) is 0 Å². The van der Waals surface area contributed by atoms with Crippen LogP contribution in [0.3, 0.4) is 0 Å². The second-order valence-corrected chi connectivity index (χ2v) is 5.25. The first-order chi connectivity index (χ1) is 7.61. The zero-order valence-electron chi connectivity index (χ0n) is 10.6. The molecule has 0 aliphatic heterocycles. The van der Waals surface area contributed by atoms with Crippen molar-refractivity contribution in [3.05, 3.63) is 16.4 Å². The number of halogens is 1. The van der Waals surface area contributed by atoms with Crippen LogP contribution in [0.15, 0.2) is 10.7 Å². The van der Waals surface area contributed by atoms with E-state index in [1.54, 1.807) is 0 Å². The van der Waals surface area contributed by atoms with E-state index in [1.807, 2.05) is 13.2 Å². The van der Waals surface area contributed by atoms with Crippen LogP contribution < -0.4 is 5.32 Å². The Hall–Kier alpha value is -0.350. The summed E-state index contributed by atoms with van der Waals surface area (Å²) in [5.74, 6) is 0. The topological polar surface area (TPSA) is 29.9 Å². The normalized spacial score (nSPS) is 13.4. The van der Waals surface area contributed by atoms with Gasteiger partial charge in [-0.15, -0.1) is 0 Å². The third-order valence-corrected chi connectivity index (χ3v) is 3.41. The lowest BCUT2D eigenvalue weighted by Crippen LogP contribution is -2.21. The van der Waals surface area contributed by atoms with Crippen molar-refractivity contribution in [1.82, 2.24) is 15.1 Å². The van der Waals surface area contributed by atoms with Gasteiger partial charge in [0, 0.05) is 6.04 Å². The molecule has 0 amide bonds. The Balaban J connectivity index is 2.93. The van der Waals surface area contributed by atoms with Gasteiger partial charge in [0.05, 0.1) is 22.4 Å². The van der Waals surface area contributed by atoms with Crippen molar-refractivity contribution in [2.24, 2.45) is 0 Å². The quantitative estimate of drug-likeness (QED) is 0.865. The molecule has 1 unspecified atom stereocenters. The predicted molar refractivity (Wildman–Crippen MR) is 71.6 cm³/mol. The van der Waals surface area contributed by atoms with Crippen LogP contribution in [0.5, 0.6) is 0 Å². The molecule has 0 fully saturated rings. The highest BCUT2D eigenvalue weighted by molar-refractivity contribution is 9.10. The highest BCUT2D eigenvalue weighted by atomic mass is 79.9. The van der Waals surface area contributed by atoms with Crippen molar-refractivity contribution in [2.45, 2.75) is 52.1 Å². The van der Waals surface area contributed by atoms with Crippen molar-refractivity contribution in [2.75, 3.05) is 7.05 Å². The smallest absolute Gasteiger partial charge is 0.0698 e. The molecule has 16 heavy (non-hydrogen) atoms. The van der Waals surface area contributed by atoms with E-state index in [0.29, 0.717) is 12.1 Å². The molecule has 1 heterocycles. The average molecular weight is 288 g/mol. The van der Waals surface area contributed by atoms with Crippen LogP contribution in [0.25, 0.3) is 0 Å². The van der Waals surface area contributed by atoms with Gasteiger partial charge >= 0.3 is 0 Å². The van der Waals surface area contributed by atoms with Crippen molar-refractivity contribution in [1.29, 1.82) is 0 Å². The van der Waals surface area contributed by atoms with Gasteiger partial charge in [-0.1, -0.05) is 19.8 Å². The number of aromatic nitrogens is 2. The minimum atomic E-state index is 0.388. The number of unbranched alkanes of at least 4 members (excludes halogenated alkanes) is 1. The summed E-state index contributed by atoms with van der Waals surface area (Å²) in [5.41, 5.74) is 1.27. The van der Waals surface area contributed by atoms with E-state index in [1.165, 1.54) is 18.5 Å². The third kappa shape index (κ3) is 3.08. The Labute approximate surface area is 107 Å². The van der Waals surface area contributed by atoms with E-state index < -0.39 is 0 Å². The van der Waals surface area contributed by atoms with Crippen LogP contribution in [-0.2, 0) is 0 Å². The number of nitrogens with one attached hydrogen (secondary N) is 1. The lowest BCUT2D eigenvalue weighted by molar-refractivity contribution is 0.437. The summed E-state index contributed by atoms with van der Waals surface area (Å²) in [6.07, 6.45) is 5.52. The minimum absolute atomic E-state index is 0.388. The second-order valence-electron chi connectivity index (χ2n) is 4.40. The maximum atomic E-state index is 4.42. The molecule has 0 radical (unpaired) electrons. The lowest BCUT2D eigenvalue weighted by Gasteiger charge is -2.20. The Morgan fingerprint density at radius 2 is 2.19 bits per heavy atom. The molecule has 3 nitrogen and oxygen atoms in total. The van der Waals surface area contributed by atoms with Gasteiger partial charge in [0.1, 0.15) is 0 Å². The van der Waals surface area contributed by atoms with Crippen molar-refractivity contribution in [3.63, 3.8) is 0 Å². The molecule has 0 spiro atoms. The van der Waals surface area contributed by atoms with Gasteiger partial charge in [0.25, 0.3) is 0 Å². The molecule has 1 N–H and O–H groups in total. The van der Waals surface area contributed by atoms with Gasteiger partial charge < -0.3 is 5.32 Å². The highest BCUT2D eigenvalue weighted by Crippen LogP contribution is 2.28. The summed E-state index contributed by atoms with van der Waals surface area (Å²) < 4.78 is 3.21. The molecule has 0 bridgehead atoms. The van der Waals surface area contributed by atoms with Crippen LogP contribution in [-0.4, -0.2) is 16.8 Å². The summed E-state index contributed by atoms with van der Waals surface area (Å²) in [6.45, 7) is 6.55. The Kier molecular flexibility index (Phi) is 5.49. The standard InChI is InChI=1S/C12H22BrN3/c1-5-6-7-11(14-4)12-10(13)8-15-16(12)9(2)3/h8-9,11,14H,5-7H2,1-4H3. The van der Waals surface area contributed by atoms with Crippen molar-refractivity contribution >= 4 is 15.9 Å². The Morgan fingerprint density at radius 3 is 2.69 bits per heavy atom. The zero-order valence-corrected chi connectivity index (χ0v) is 12.2. The molecule has 0 aliphatic rings. The molecule has 92 valence electrons. The molecule has 1 atom stereocenters. The maximum Gasteiger partial charge on any atom is 0.0698 e. The molecule has 1 rings (SSSR count). The molecule has 1 aromatic heterocycles. The fraction of sp³-hybridized carbons (Fsp3) is 0.750. The maximum absolute atomic E-state index is 4.42. The third-order valence-electron chi connectivity index (χ3n) is 2.80. The number of hydrogen-bond donors (Lipinski definition) is 1. The van der Waals surface area contributed by atoms with E-state index in [0.717, 1.165) is 10.9 Å². The van der Waals surface area contributed by atoms with Gasteiger partial charge in [0.15, 0.2) is 0 Å². The van der Waals surface area contributed by atoms with Crippen LogP contribution in [0.4, 0.5) is 0 Å². The summed E-state index contributed by atoms with van der Waals surface area (Å²) in [6, 6.07) is 0.790. The Bertz CT molecular complexity index is 320. The first kappa shape index (κ1) is 13.7. The van der Waals surface area contributed by atoms with Crippen molar-refractivity contribution < 1.29 is 0 Å². The molecule has 4 heteroatoms. The molecular weight excluding hydrogens is 266 g/mol. The van der Waals surface area contributed by atoms with Crippen LogP contribution in [0.2, 0.25) is 0 Å². The molecule has 0 aromatic carbocycles. The summed E-state index contributed by atoms with van der Waals surface area (Å²) in [4.78, 5) is 0. The Morgan fingerprint density at radius 1 is 1.50 bits per heavy atom. The van der Waals surface area contributed by atoms with Gasteiger partial charge in [-0.3, -0.25) is 4.68 Å². The largest absolute Gasteiger partial charge is 0.312 e. The van der Waals surface area contributed by atoms with Gasteiger partial charge in [0.2, 0.25) is 0 Å². The molecule has 0 aliphatic carbocycles. The number of rotatable bonds is 6. The molecular formula is C12H22BrN3. The molecule has 0 saturated heterocycles. The SMILES string of the molecule is CCCCC(NC)c1c(Br)cnn1C(C)C. The van der Waals surface area contributed by atoms with Gasteiger partial charge in [-0.25, -0.2) is 0 Å². The first-order valence-corrected chi connectivity index (χ1v) is 6.81. The average Bonchev–Trinajstić information content (AvgIpc) is 2.62. The predicted octanol–water partition coefficient (Wildman–Crippen LogP) is 3.68. The van der Waals surface area contributed by atoms with E-state index in [9.17, 15) is 0 Å². The van der Waals surface area contributed by atoms with Crippen LogP contribution in [0, 0.1) is 0 Å². The number of hydrogen-bond acceptors (Lipinski definition) is 2. The van der Waals surface area contributed by atoms with E-state index in [-0.39, 0.29) is 0 Å². The van der Waals surface area contributed by atoms with Gasteiger partial charge in [-0.2, -0.15) is 5.10 Å². The lowest BCUT2D eigenvalue weighted by atomic mass is 10.1. The molecule has 1 aromatic rings. The summed E-state index contributed by atoms with van der Waals surface area (Å²) >= 11 is 3.60. The van der Waals surface area contributed by atoms with E-state index in [2.05, 4.69) is 51.8 Å². The summed E-state index contributed by atoms with van der Waals surface area (Å²) in [5, 5.41) is 7.81. The fourth-order valence-electron chi connectivity index (χ4n) is 1.91. The highest BCUT2D eigenvalue weighted by Gasteiger charge is 2.19. The number of nitrogens with zero attached hydrogens (tertiary/aromatic N) is 2. The minimum Gasteiger partial charge on any atom is -0.312 e. The van der Waals surface area contributed by atoms with Crippen LogP contribution in [0.1, 0.15) is 57.8 Å². The first-order valence-electron chi connectivity index (χ1n) is 6.02.